The van der Waals surface area contributed by atoms with E-state index >= 15 is 0 Å². The van der Waals surface area contributed by atoms with Gasteiger partial charge in [0.15, 0.2) is 0 Å². The minimum Gasteiger partial charge on any atom is -0.338 e. The average molecular weight is 216 g/mol. The van der Waals surface area contributed by atoms with Crippen LogP contribution in [0.3, 0.4) is 0 Å². The highest BCUT2D eigenvalue weighted by Gasteiger charge is 2.15. The van der Waals surface area contributed by atoms with Gasteiger partial charge in [-0.25, -0.2) is 4.79 Å². The second kappa shape index (κ2) is 6.98. The van der Waals surface area contributed by atoms with Gasteiger partial charge in [-0.2, -0.15) is 11.8 Å². The molecule has 0 radical (unpaired) electrons. The summed E-state index contributed by atoms with van der Waals surface area (Å²) in [4.78, 5) is 11.4. The lowest BCUT2D eigenvalue weighted by atomic mass is 10.2. The molecule has 1 atom stereocenters. The number of hydrogen-bond acceptors (Lipinski definition) is 2. The van der Waals surface area contributed by atoms with Crippen molar-refractivity contribution in [2.24, 2.45) is 0 Å². The van der Waals surface area contributed by atoms with Gasteiger partial charge in [0.1, 0.15) is 0 Å². The van der Waals surface area contributed by atoms with Crippen molar-refractivity contribution in [3.63, 3.8) is 0 Å². The summed E-state index contributed by atoms with van der Waals surface area (Å²) in [6.45, 7) is 2.92. The third kappa shape index (κ3) is 4.74. The molecule has 0 aromatic rings. The normalized spacial score (nSPS) is 21.6. The molecule has 82 valence electrons. The summed E-state index contributed by atoms with van der Waals surface area (Å²) >= 11 is 1.93. The highest BCUT2D eigenvalue weighted by molar-refractivity contribution is 7.99. The third-order valence-electron chi connectivity index (χ3n) is 2.31. The molecule has 1 fully saturated rings. The standard InChI is InChI=1S/C10H20N2OS/c1-2-3-6-11-10(13)12-9-5-4-7-14-8-9/h9H,2-8H2,1H3,(H2,11,12,13). The first-order valence-electron chi connectivity index (χ1n) is 5.45. The Kier molecular flexibility index (Phi) is 5.83. The molecule has 4 heteroatoms. The summed E-state index contributed by atoms with van der Waals surface area (Å²) in [5.41, 5.74) is 0. The van der Waals surface area contributed by atoms with E-state index in [9.17, 15) is 4.79 Å². The lowest BCUT2D eigenvalue weighted by Crippen LogP contribution is -2.44. The van der Waals surface area contributed by atoms with Crippen molar-refractivity contribution in [3.05, 3.63) is 0 Å². The number of hydrogen-bond donors (Lipinski definition) is 2. The number of carbonyl (C=O) groups excluding carboxylic acids is 1. The lowest BCUT2D eigenvalue weighted by Gasteiger charge is -2.22. The lowest BCUT2D eigenvalue weighted by molar-refractivity contribution is 0.237. The molecule has 1 heterocycles. The molecule has 1 aliphatic heterocycles. The van der Waals surface area contributed by atoms with E-state index in [0.29, 0.717) is 6.04 Å². The van der Waals surface area contributed by atoms with Gasteiger partial charge in [0, 0.05) is 18.3 Å². The number of rotatable bonds is 4. The fourth-order valence-electron chi connectivity index (χ4n) is 1.47. The van der Waals surface area contributed by atoms with Gasteiger partial charge in [-0.1, -0.05) is 13.3 Å². The van der Waals surface area contributed by atoms with Gasteiger partial charge in [0.05, 0.1) is 0 Å². The Balaban J connectivity index is 2.06. The van der Waals surface area contributed by atoms with E-state index in [-0.39, 0.29) is 6.03 Å². The van der Waals surface area contributed by atoms with Crippen molar-refractivity contribution in [1.29, 1.82) is 0 Å². The highest BCUT2D eigenvalue weighted by Crippen LogP contribution is 2.16. The summed E-state index contributed by atoms with van der Waals surface area (Å²) in [6, 6.07) is 0.390. The molecule has 0 bridgehead atoms. The van der Waals surface area contributed by atoms with Crippen LogP contribution >= 0.6 is 11.8 Å². The van der Waals surface area contributed by atoms with Gasteiger partial charge in [-0.15, -0.1) is 0 Å². The van der Waals surface area contributed by atoms with Crippen LogP contribution in [-0.2, 0) is 0 Å². The van der Waals surface area contributed by atoms with Crippen molar-refractivity contribution in [3.8, 4) is 0 Å². The zero-order valence-corrected chi connectivity index (χ0v) is 9.66. The maximum absolute atomic E-state index is 11.4. The third-order valence-corrected chi connectivity index (χ3v) is 3.53. The smallest absolute Gasteiger partial charge is 0.315 e. The fraction of sp³-hybridized carbons (Fsp3) is 0.900. The quantitative estimate of drug-likeness (QED) is 0.706. The predicted molar refractivity (Wildman–Crippen MR) is 61.8 cm³/mol. The van der Waals surface area contributed by atoms with Crippen molar-refractivity contribution in [2.45, 2.75) is 38.6 Å². The fourth-order valence-corrected chi connectivity index (χ4v) is 2.54. The van der Waals surface area contributed by atoms with Crippen molar-refractivity contribution in [1.82, 2.24) is 10.6 Å². The van der Waals surface area contributed by atoms with Crippen LogP contribution in [0.2, 0.25) is 0 Å². The first-order valence-corrected chi connectivity index (χ1v) is 6.60. The molecule has 0 aliphatic carbocycles. The second-order valence-electron chi connectivity index (χ2n) is 3.67. The van der Waals surface area contributed by atoms with Crippen LogP contribution < -0.4 is 10.6 Å². The summed E-state index contributed by atoms with van der Waals surface area (Å²) < 4.78 is 0. The van der Waals surface area contributed by atoms with E-state index in [4.69, 9.17) is 0 Å². The Bertz CT molecular complexity index is 170. The topological polar surface area (TPSA) is 41.1 Å². The Labute approximate surface area is 90.4 Å². The zero-order valence-electron chi connectivity index (χ0n) is 8.84. The Morgan fingerprint density at radius 2 is 2.43 bits per heavy atom. The molecule has 0 saturated carbocycles. The molecule has 2 N–H and O–H groups in total. The van der Waals surface area contributed by atoms with Crippen molar-refractivity contribution >= 4 is 17.8 Å². The minimum absolute atomic E-state index is 0.00551. The average Bonchev–Trinajstić information content (AvgIpc) is 2.20. The van der Waals surface area contributed by atoms with Crippen molar-refractivity contribution in [2.75, 3.05) is 18.1 Å². The molecule has 1 aliphatic rings. The van der Waals surface area contributed by atoms with Gasteiger partial charge in [0.25, 0.3) is 0 Å². The Hall–Kier alpha value is -0.380. The van der Waals surface area contributed by atoms with Gasteiger partial charge in [-0.05, 0) is 25.0 Å². The van der Waals surface area contributed by atoms with Crippen LogP contribution in [0.1, 0.15) is 32.6 Å². The maximum Gasteiger partial charge on any atom is 0.315 e. The molecule has 1 rings (SSSR count). The van der Waals surface area contributed by atoms with Crippen LogP contribution in [-0.4, -0.2) is 30.1 Å². The van der Waals surface area contributed by atoms with Crippen LogP contribution in [0.5, 0.6) is 0 Å². The zero-order chi connectivity index (χ0) is 10.2. The largest absolute Gasteiger partial charge is 0.338 e. The monoisotopic (exact) mass is 216 g/mol. The first kappa shape index (κ1) is 11.7. The van der Waals surface area contributed by atoms with Crippen molar-refractivity contribution < 1.29 is 4.79 Å². The number of amides is 2. The van der Waals surface area contributed by atoms with E-state index < -0.39 is 0 Å². The summed E-state index contributed by atoms with van der Waals surface area (Å²) in [5, 5.41) is 5.88. The van der Waals surface area contributed by atoms with E-state index in [2.05, 4.69) is 17.6 Å². The maximum atomic E-state index is 11.4. The van der Waals surface area contributed by atoms with E-state index in [1.807, 2.05) is 11.8 Å². The number of unbranched alkanes of at least 4 members (excludes halogenated alkanes) is 1. The molecule has 1 saturated heterocycles. The number of carbonyl (C=O) groups is 1. The molecule has 0 aromatic heterocycles. The van der Waals surface area contributed by atoms with Crippen LogP contribution in [0.15, 0.2) is 0 Å². The number of urea groups is 1. The molecular formula is C10H20N2OS. The van der Waals surface area contributed by atoms with E-state index in [1.54, 1.807) is 0 Å². The van der Waals surface area contributed by atoms with Crippen LogP contribution in [0.4, 0.5) is 4.79 Å². The second-order valence-corrected chi connectivity index (χ2v) is 4.82. The Morgan fingerprint density at radius 3 is 3.07 bits per heavy atom. The van der Waals surface area contributed by atoms with Gasteiger partial charge in [0.2, 0.25) is 0 Å². The molecule has 14 heavy (non-hydrogen) atoms. The summed E-state index contributed by atoms with van der Waals surface area (Å²) in [6.07, 6.45) is 4.55. The summed E-state index contributed by atoms with van der Waals surface area (Å²) in [7, 11) is 0. The number of thioether (sulfide) groups is 1. The molecular weight excluding hydrogens is 196 g/mol. The molecule has 1 unspecified atom stereocenters. The van der Waals surface area contributed by atoms with Gasteiger partial charge < -0.3 is 10.6 Å². The molecule has 0 spiro atoms. The number of nitrogens with one attached hydrogen (secondary N) is 2. The van der Waals surface area contributed by atoms with E-state index in [1.165, 1.54) is 12.2 Å². The van der Waals surface area contributed by atoms with Crippen LogP contribution in [0.25, 0.3) is 0 Å². The minimum atomic E-state index is 0.00551. The Morgan fingerprint density at radius 1 is 1.57 bits per heavy atom. The van der Waals surface area contributed by atoms with E-state index in [0.717, 1.165) is 31.6 Å². The molecule has 2 amide bonds. The predicted octanol–water partition coefficient (Wildman–Crippen LogP) is 1.98. The molecule has 0 aromatic carbocycles. The van der Waals surface area contributed by atoms with Crippen LogP contribution in [0, 0.1) is 0 Å². The summed E-state index contributed by atoms with van der Waals surface area (Å²) in [5.74, 6) is 2.32. The first-order chi connectivity index (χ1) is 6.83. The molecule has 3 nitrogen and oxygen atoms in total. The highest BCUT2D eigenvalue weighted by atomic mass is 32.2. The van der Waals surface area contributed by atoms with Gasteiger partial charge in [-0.3, -0.25) is 0 Å². The van der Waals surface area contributed by atoms with Gasteiger partial charge >= 0.3 is 6.03 Å². The SMILES string of the molecule is CCCCNC(=O)NC1CCCSC1.